The van der Waals surface area contributed by atoms with Crippen molar-refractivity contribution in [2.24, 2.45) is 11.8 Å². The van der Waals surface area contributed by atoms with Gasteiger partial charge in [0.05, 0.1) is 5.02 Å². The van der Waals surface area contributed by atoms with Crippen LogP contribution in [0.3, 0.4) is 0 Å². The molecular formula is C15H21ClN4O. The molecule has 2 heterocycles. The van der Waals surface area contributed by atoms with Crippen molar-refractivity contribution in [3.05, 3.63) is 22.8 Å². The molecule has 3 N–H and O–H groups in total. The van der Waals surface area contributed by atoms with Gasteiger partial charge < -0.3 is 10.3 Å². The first-order valence-corrected chi connectivity index (χ1v) is 8.02. The Balaban J connectivity index is 1.86. The molecule has 1 saturated heterocycles. The summed E-state index contributed by atoms with van der Waals surface area (Å²) in [6.45, 7) is 0.804. The number of piperidine rings is 1. The molecule has 0 radical (unpaired) electrons. The Labute approximate surface area is 129 Å². The van der Waals surface area contributed by atoms with E-state index in [9.17, 15) is 4.79 Å². The molecule has 0 bridgehead atoms. The second-order valence-corrected chi connectivity index (χ2v) is 6.33. The van der Waals surface area contributed by atoms with Gasteiger partial charge in [-0.25, -0.2) is 10.8 Å². The summed E-state index contributed by atoms with van der Waals surface area (Å²) in [5.41, 5.74) is 2.77. The zero-order valence-corrected chi connectivity index (χ0v) is 12.8. The van der Waals surface area contributed by atoms with E-state index in [0.717, 1.165) is 19.4 Å². The van der Waals surface area contributed by atoms with Gasteiger partial charge >= 0.3 is 0 Å². The van der Waals surface area contributed by atoms with Crippen molar-refractivity contribution >= 4 is 23.3 Å². The Morgan fingerprint density at radius 3 is 2.86 bits per heavy atom. The zero-order chi connectivity index (χ0) is 14.8. The Bertz CT molecular complexity index is 534. The number of amides is 1. The van der Waals surface area contributed by atoms with Gasteiger partial charge in [-0.1, -0.05) is 24.4 Å². The molecule has 1 amide bonds. The molecule has 0 aromatic carbocycles. The first-order valence-electron chi connectivity index (χ1n) is 7.65. The number of nitrogens with zero attached hydrogens (tertiary/aromatic N) is 2. The number of pyridine rings is 1. The first kappa shape index (κ1) is 14.6. The number of hydrogen-bond donors (Lipinski definition) is 2. The van der Waals surface area contributed by atoms with E-state index in [1.807, 2.05) is 4.90 Å². The second kappa shape index (κ2) is 6.20. The summed E-state index contributed by atoms with van der Waals surface area (Å²) in [7, 11) is 0. The van der Waals surface area contributed by atoms with Gasteiger partial charge in [-0.3, -0.25) is 4.79 Å². The number of nitrogens with two attached hydrogens (primary N) is 1. The van der Waals surface area contributed by atoms with Crippen LogP contribution in [0.15, 0.2) is 12.1 Å². The normalized spacial score (nSPS) is 25.3. The van der Waals surface area contributed by atoms with Crippen LogP contribution in [0.5, 0.6) is 0 Å². The topological polar surface area (TPSA) is 71.2 Å². The molecule has 2 unspecified atom stereocenters. The lowest BCUT2D eigenvalue weighted by atomic mass is 9.78. The average Bonchev–Trinajstić information content (AvgIpc) is 2.54. The third kappa shape index (κ3) is 2.85. The van der Waals surface area contributed by atoms with Crippen LogP contribution in [-0.2, 0) is 0 Å². The molecule has 1 aromatic rings. The number of halogens is 1. The minimum Gasteiger partial charge on any atom is -0.334 e. The molecule has 1 aliphatic carbocycles. The summed E-state index contributed by atoms with van der Waals surface area (Å²) in [6.07, 6.45) is 7.13. The number of fused-ring (bicyclic) bond motifs is 1. The van der Waals surface area contributed by atoms with Gasteiger partial charge in [-0.2, -0.15) is 0 Å². The molecule has 5 nitrogen and oxygen atoms in total. The number of nitrogen functional groups attached to an aromatic ring is 1. The van der Waals surface area contributed by atoms with Crippen molar-refractivity contribution in [3.8, 4) is 0 Å². The third-order valence-corrected chi connectivity index (χ3v) is 5.01. The maximum absolute atomic E-state index is 12.9. The van der Waals surface area contributed by atoms with Crippen LogP contribution in [0.2, 0.25) is 5.02 Å². The summed E-state index contributed by atoms with van der Waals surface area (Å²) in [6, 6.07) is 3.69. The number of carbonyl (C=O) groups excluding carboxylic acids is 1. The van der Waals surface area contributed by atoms with E-state index in [2.05, 4.69) is 10.4 Å². The quantitative estimate of drug-likeness (QED) is 0.651. The van der Waals surface area contributed by atoms with Crippen LogP contribution >= 0.6 is 11.6 Å². The van der Waals surface area contributed by atoms with E-state index in [0.29, 0.717) is 28.5 Å². The lowest BCUT2D eigenvalue weighted by Crippen LogP contribution is -2.49. The fourth-order valence-corrected chi connectivity index (χ4v) is 3.87. The summed E-state index contributed by atoms with van der Waals surface area (Å²) in [5.74, 6) is 6.41. The highest BCUT2D eigenvalue weighted by atomic mass is 35.5. The summed E-state index contributed by atoms with van der Waals surface area (Å²) >= 11 is 6.16. The summed E-state index contributed by atoms with van der Waals surface area (Å²) < 4.78 is 0. The van der Waals surface area contributed by atoms with Gasteiger partial charge in [-0.15, -0.1) is 0 Å². The van der Waals surface area contributed by atoms with Gasteiger partial charge in [0.2, 0.25) is 0 Å². The molecule has 0 spiro atoms. The molecule has 2 aliphatic rings. The second-order valence-electron chi connectivity index (χ2n) is 5.92. The molecule has 2 fully saturated rings. The maximum Gasteiger partial charge on any atom is 0.274 e. The predicted octanol–water partition coefficient (Wildman–Crippen LogP) is 2.82. The number of hydrazine groups is 1. The average molecular weight is 309 g/mol. The van der Waals surface area contributed by atoms with Crippen LogP contribution in [0, 0.1) is 5.92 Å². The number of rotatable bonds is 2. The summed E-state index contributed by atoms with van der Waals surface area (Å²) in [5, 5.41) is 0.386. The molecule has 1 aliphatic heterocycles. The molecule has 6 heteroatoms. The Kier molecular flexibility index (Phi) is 4.31. The molecule has 3 rings (SSSR count). The summed E-state index contributed by atoms with van der Waals surface area (Å²) in [4.78, 5) is 19.1. The van der Waals surface area contributed by atoms with Gasteiger partial charge in [0, 0.05) is 12.6 Å². The van der Waals surface area contributed by atoms with Crippen LogP contribution in [0.25, 0.3) is 0 Å². The standard InChI is InChI=1S/C15H21ClN4O/c16-11-7-8-13(19-17)18-14(11)15(21)20-9-3-5-10-4-1-2-6-12(10)20/h7-8,10,12H,1-6,9,17H2,(H,18,19). The molecule has 21 heavy (non-hydrogen) atoms. The highest BCUT2D eigenvalue weighted by Gasteiger charge is 2.36. The van der Waals surface area contributed by atoms with E-state index < -0.39 is 0 Å². The van der Waals surface area contributed by atoms with Gasteiger partial charge in [0.15, 0.2) is 0 Å². The van der Waals surface area contributed by atoms with E-state index in [1.54, 1.807) is 12.1 Å². The highest BCUT2D eigenvalue weighted by Crippen LogP contribution is 2.36. The molecule has 1 aromatic heterocycles. The Morgan fingerprint density at radius 1 is 1.29 bits per heavy atom. The van der Waals surface area contributed by atoms with Crippen LogP contribution < -0.4 is 11.3 Å². The maximum atomic E-state index is 12.9. The monoisotopic (exact) mass is 308 g/mol. The molecule has 114 valence electrons. The van der Waals surface area contributed by atoms with Crippen molar-refractivity contribution in [2.45, 2.75) is 44.6 Å². The number of likely N-dealkylation sites (tertiary alicyclic amines) is 1. The van der Waals surface area contributed by atoms with E-state index >= 15 is 0 Å². The predicted molar refractivity (Wildman–Crippen MR) is 83.1 cm³/mol. The van der Waals surface area contributed by atoms with Crippen molar-refractivity contribution < 1.29 is 4.79 Å². The number of anilines is 1. The number of carbonyl (C=O) groups is 1. The number of nitrogens with one attached hydrogen (secondary N) is 1. The van der Waals surface area contributed by atoms with Crippen LogP contribution in [0.1, 0.15) is 49.0 Å². The van der Waals surface area contributed by atoms with Crippen molar-refractivity contribution in [1.29, 1.82) is 0 Å². The fraction of sp³-hybridized carbons (Fsp3) is 0.600. The Hall–Kier alpha value is -1.33. The van der Waals surface area contributed by atoms with Gasteiger partial charge in [0.25, 0.3) is 5.91 Å². The van der Waals surface area contributed by atoms with Crippen molar-refractivity contribution in [1.82, 2.24) is 9.88 Å². The Morgan fingerprint density at radius 2 is 2.05 bits per heavy atom. The number of aromatic nitrogens is 1. The van der Waals surface area contributed by atoms with E-state index in [1.165, 1.54) is 25.7 Å². The van der Waals surface area contributed by atoms with Crippen molar-refractivity contribution in [2.75, 3.05) is 12.0 Å². The molecular weight excluding hydrogens is 288 g/mol. The third-order valence-electron chi connectivity index (χ3n) is 4.70. The number of hydrogen-bond acceptors (Lipinski definition) is 4. The van der Waals surface area contributed by atoms with Crippen LogP contribution in [0.4, 0.5) is 5.82 Å². The fourth-order valence-electron chi connectivity index (χ4n) is 3.69. The largest absolute Gasteiger partial charge is 0.334 e. The highest BCUT2D eigenvalue weighted by molar-refractivity contribution is 6.33. The SMILES string of the molecule is NNc1ccc(Cl)c(C(=O)N2CCCC3CCCCC32)n1. The smallest absolute Gasteiger partial charge is 0.274 e. The minimum atomic E-state index is -0.0614. The lowest BCUT2D eigenvalue weighted by molar-refractivity contribution is 0.0385. The zero-order valence-electron chi connectivity index (χ0n) is 12.0. The van der Waals surface area contributed by atoms with E-state index in [-0.39, 0.29) is 5.91 Å². The van der Waals surface area contributed by atoms with E-state index in [4.69, 9.17) is 17.4 Å². The first-order chi connectivity index (χ1) is 10.2. The minimum absolute atomic E-state index is 0.0614. The molecule has 1 saturated carbocycles. The van der Waals surface area contributed by atoms with Gasteiger partial charge in [-0.05, 0) is 43.7 Å². The lowest BCUT2D eigenvalue weighted by Gasteiger charge is -2.44. The van der Waals surface area contributed by atoms with Gasteiger partial charge in [0.1, 0.15) is 11.5 Å². The van der Waals surface area contributed by atoms with Crippen molar-refractivity contribution in [3.63, 3.8) is 0 Å². The molecule has 2 atom stereocenters. The van der Waals surface area contributed by atoms with Crippen LogP contribution in [-0.4, -0.2) is 28.4 Å².